The summed E-state index contributed by atoms with van der Waals surface area (Å²) in [5, 5.41) is 14.9. The molecule has 0 aliphatic carbocycles. The van der Waals surface area contributed by atoms with Gasteiger partial charge in [0.1, 0.15) is 19.2 Å². The van der Waals surface area contributed by atoms with Crippen LogP contribution in [0.4, 0.5) is 4.79 Å². The molecular formula is C18H23N3O5. The molecule has 2 atom stereocenters. The highest BCUT2D eigenvalue weighted by Gasteiger charge is 2.40. The van der Waals surface area contributed by atoms with E-state index in [0.29, 0.717) is 13.0 Å². The van der Waals surface area contributed by atoms with Gasteiger partial charge in [0.25, 0.3) is 5.91 Å². The summed E-state index contributed by atoms with van der Waals surface area (Å²) in [7, 11) is 0. The van der Waals surface area contributed by atoms with Gasteiger partial charge in [0.15, 0.2) is 0 Å². The number of carboxylic acids is 1. The minimum atomic E-state index is -1.07. The molecule has 2 aliphatic heterocycles. The number of nitrogens with zero attached hydrogens (tertiary/aromatic N) is 2. The summed E-state index contributed by atoms with van der Waals surface area (Å²) in [6.07, 6.45) is 2.38. The highest BCUT2D eigenvalue weighted by atomic mass is 16.5. The van der Waals surface area contributed by atoms with Crippen LogP contribution in [0.5, 0.6) is 0 Å². The van der Waals surface area contributed by atoms with Gasteiger partial charge in [0.2, 0.25) is 0 Å². The molecule has 2 heterocycles. The Kier molecular flexibility index (Phi) is 5.72. The maximum absolute atomic E-state index is 12.8. The number of carboxylic acid groups (broad SMARTS) is 1. The fraction of sp³-hybridized carbons (Fsp3) is 0.500. The number of hydrogen-bond acceptors (Lipinski definition) is 5. The fourth-order valence-electron chi connectivity index (χ4n) is 3.56. The third-order valence-corrected chi connectivity index (χ3v) is 4.79. The molecule has 2 aliphatic rings. The van der Waals surface area contributed by atoms with Gasteiger partial charge < -0.3 is 15.2 Å². The number of alkyl carbamates (subject to hydrolysis) is 1. The Balaban J connectivity index is 1.62. The molecule has 8 nitrogen and oxygen atoms in total. The van der Waals surface area contributed by atoms with Crippen LogP contribution in [-0.4, -0.2) is 58.3 Å². The summed E-state index contributed by atoms with van der Waals surface area (Å²) >= 11 is 0. The van der Waals surface area contributed by atoms with Gasteiger partial charge in [-0.25, -0.2) is 9.80 Å². The summed E-state index contributed by atoms with van der Waals surface area (Å²) < 4.78 is 5.18. The van der Waals surface area contributed by atoms with E-state index in [0.717, 1.165) is 24.8 Å². The van der Waals surface area contributed by atoms with Crippen molar-refractivity contribution in [3.8, 4) is 0 Å². The molecule has 2 fully saturated rings. The van der Waals surface area contributed by atoms with E-state index >= 15 is 0 Å². The van der Waals surface area contributed by atoms with Crippen LogP contribution >= 0.6 is 0 Å². The second kappa shape index (κ2) is 8.18. The zero-order chi connectivity index (χ0) is 18.5. The Labute approximate surface area is 151 Å². The minimum absolute atomic E-state index is 0.112. The molecule has 3 rings (SSSR count). The van der Waals surface area contributed by atoms with Gasteiger partial charge in [-0.1, -0.05) is 30.3 Å². The third-order valence-electron chi connectivity index (χ3n) is 4.79. The molecule has 0 spiro atoms. The Hall–Kier alpha value is -2.61. The first kappa shape index (κ1) is 18.2. The second-order valence-corrected chi connectivity index (χ2v) is 6.58. The first-order valence-electron chi connectivity index (χ1n) is 8.81. The van der Waals surface area contributed by atoms with Crippen molar-refractivity contribution in [3.05, 3.63) is 35.9 Å². The third kappa shape index (κ3) is 4.32. The fourth-order valence-corrected chi connectivity index (χ4v) is 3.56. The Morgan fingerprint density at radius 1 is 1.19 bits per heavy atom. The number of aliphatic carboxylic acids is 1. The maximum atomic E-state index is 12.8. The van der Waals surface area contributed by atoms with Crippen molar-refractivity contribution < 1.29 is 24.2 Å². The quantitative estimate of drug-likeness (QED) is 0.822. The van der Waals surface area contributed by atoms with Gasteiger partial charge in [-0.05, 0) is 31.2 Å². The average Bonchev–Trinajstić information content (AvgIpc) is 3.05. The molecule has 0 aromatic heterocycles. The van der Waals surface area contributed by atoms with Crippen molar-refractivity contribution in [2.45, 2.75) is 44.4 Å². The molecule has 0 bridgehead atoms. The number of carbonyl (C=O) groups is 3. The normalized spacial score (nSPS) is 23.2. The van der Waals surface area contributed by atoms with Crippen molar-refractivity contribution >= 4 is 18.0 Å². The van der Waals surface area contributed by atoms with E-state index in [1.165, 1.54) is 5.01 Å². The zero-order valence-electron chi connectivity index (χ0n) is 14.5. The summed E-state index contributed by atoms with van der Waals surface area (Å²) in [5.41, 5.74) is 0.850. The van der Waals surface area contributed by atoms with Crippen LogP contribution in [0.3, 0.4) is 0 Å². The minimum Gasteiger partial charge on any atom is -0.480 e. The lowest BCUT2D eigenvalue weighted by Crippen LogP contribution is -2.54. The lowest BCUT2D eigenvalue weighted by Gasteiger charge is -2.33. The van der Waals surface area contributed by atoms with Crippen molar-refractivity contribution in [3.63, 3.8) is 0 Å². The predicted octanol–water partition coefficient (Wildman–Crippen LogP) is 1.37. The molecule has 8 heteroatoms. The smallest absolute Gasteiger partial charge is 0.408 e. The molecule has 1 aromatic rings. The van der Waals surface area contributed by atoms with Gasteiger partial charge in [0, 0.05) is 12.6 Å². The number of carbonyl (C=O) groups excluding carboxylic acids is 2. The highest BCUT2D eigenvalue weighted by Crippen LogP contribution is 2.27. The lowest BCUT2D eigenvalue weighted by atomic mass is 10.1. The number of hydrazine groups is 1. The highest BCUT2D eigenvalue weighted by molar-refractivity contribution is 5.88. The van der Waals surface area contributed by atoms with E-state index in [9.17, 15) is 14.4 Å². The maximum Gasteiger partial charge on any atom is 0.408 e. The largest absolute Gasteiger partial charge is 0.480 e. The van der Waals surface area contributed by atoms with Gasteiger partial charge in [0.05, 0.1) is 0 Å². The van der Waals surface area contributed by atoms with E-state index in [2.05, 4.69) is 5.32 Å². The van der Waals surface area contributed by atoms with Crippen LogP contribution in [-0.2, 0) is 20.9 Å². The standard InChI is InChI=1S/C18H23N3O5/c22-16(23)11-21-17(24)15(9-8-14-7-4-10-20(14)21)19-18(25)26-12-13-5-2-1-3-6-13/h1-3,5-6,14-15H,4,7-12H2,(H,19,25)(H,22,23)/t14-,15+/m1/s1. The monoisotopic (exact) mass is 361 g/mol. The van der Waals surface area contributed by atoms with E-state index in [1.54, 1.807) is 0 Å². The zero-order valence-corrected chi connectivity index (χ0v) is 14.5. The SMILES string of the molecule is O=C(O)CN1C(=O)[C@@H](NC(=O)OCc2ccccc2)CC[C@H]2CCCN21. The first-order chi connectivity index (χ1) is 12.5. The van der Waals surface area contributed by atoms with Crippen LogP contribution in [0, 0.1) is 0 Å². The molecule has 26 heavy (non-hydrogen) atoms. The van der Waals surface area contributed by atoms with Crippen LogP contribution in [0.2, 0.25) is 0 Å². The first-order valence-corrected chi connectivity index (χ1v) is 8.81. The molecule has 2 amide bonds. The van der Waals surface area contributed by atoms with Gasteiger partial charge in [-0.15, -0.1) is 0 Å². The van der Waals surface area contributed by atoms with Crippen LogP contribution in [0.1, 0.15) is 31.2 Å². The second-order valence-electron chi connectivity index (χ2n) is 6.58. The van der Waals surface area contributed by atoms with E-state index < -0.39 is 30.6 Å². The molecule has 2 N–H and O–H groups in total. The number of nitrogens with one attached hydrogen (secondary N) is 1. The molecule has 0 unspecified atom stereocenters. The number of benzene rings is 1. The molecule has 1 aromatic carbocycles. The predicted molar refractivity (Wildman–Crippen MR) is 91.9 cm³/mol. The van der Waals surface area contributed by atoms with Crippen LogP contribution < -0.4 is 5.32 Å². The number of amides is 2. The number of rotatable bonds is 5. The molecule has 0 radical (unpaired) electrons. The lowest BCUT2D eigenvalue weighted by molar-refractivity contribution is -0.160. The number of hydrogen-bond donors (Lipinski definition) is 2. The molecule has 0 saturated carbocycles. The van der Waals surface area contributed by atoms with Gasteiger partial charge >= 0.3 is 12.1 Å². The summed E-state index contributed by atoms with van der Waals surface area (Å²) in [6, 6.07) is 8.62. The van der Waals surface area contributed by atoms with Crippen molar-refractivity contribution in [2.75, 3.05) is 13.1 Å². The Bertz CT molecular complexity index is 666. The van der Waals surface area contributed by atoms with Crippen LogP contribution in [0.25, 0.3) is 0 Å². The number of ether oxygens (including phenoxy) is 1. The van der Waals surface area contributed by atoms with E-state index in [1.807, 2.05) is 35.3 Å². The molecule has 140 valence electrons. The summed E-state index contributed by atoms with van der Waals surface area (Å²) in [5.74, 6) is -1.47. The summed E-state index contributed by atoms with van der Waals surface area (Å²) in [6.45, 7) is 0.378. The van der Waals surface area contributed by atoms with Gasteiger partial charge in [-0.3, -0.25) is 14.6 Å². The topological polar surface area (TPSA) is 99.2 Å². The molecule has 2 saturated heterocycles. The van der Waals surface area contributed by atoms with E-state index in [4.69, 9.17) is 9.84 Å². The van der Waals surface area contributed by atoms with Crippen LogP contribution in [0.15, 0.2) is 30.3 Å². The van der Waals surface area contributed by atoms with Crippen molar-refractivity contribution in [1.82, 2.24) is 15.3 Å². The Morgan fingerprint density at radius 3 is 2.69 bits per heavy atom. The van der Waals surface area contributed by atoms with Crippen molar-refractivity contribution in [1.29, 1.82) is 0 Å². The van der Waals surface area contributed by atoms with Crippen molar-refractivity contribution in [2.24, 2.45) is 0 Å². The summed E-state index contributed by atoms with van der Waals surface area (Å²) in [4.78, 5) is 36.0. The molecular weight excluding hydrogens is 338 g/mol. The Morgan fingerprint density at radius 2 is 1.96 bits per heavy atom. The van der Waals surface area contributed by atoms with Gasteiger partial charge in [-0.2, -0.15) is 0 Å². The van der Waals surface area contributed by atoms with E-state index in [-0.39, 0.29) is 12.6 Å². The number of fused-ring (bicyclic) bond motifs is 1. The average molecular weight is 361 g/mol.